The summed E-state index contributed by atoms with van der Waals surface area (Å²) < 4.78 is 7.65. The number of carbonyl (C=O) groups is 1. The molecule has 0 unspecified atom stereocenters. The summed E-state index contributed by atoms with van der Waals surface area (Å²) in [6, 6.07) is 23.9. The third-order valence-electron chi connectivity index (χ3n) is 6.65. The van der Waals surface area contributed by atoms with E-state index in [9.17, 15) is 9.59 Å². The second kappa shape index (κ2) is 9.78. The van der Waals surface area contributed by atoms with Gasteiger partial charge in [-0.3, -0.25) is 19.1 Å². The summed E-state index contributed by atoms with van der Waals surface area (Å²) in [5.74, 6) is 0.951. The number of hydrogen-bond donors (Lipinski definition) is 1. The first-order chi connectivity index (χ1) is 18.6. The Bertz CT molecular complexity index is 1740. The molecule has 0 aliphatic heterocycles. The van der Waals surface area contributed by atoms with E-state index >= 15 is 0 Å². The highest BCUT2D eigenvalue weighted by atomic mass is 16.5. The highest BCUT2D eigenvalue weighted by Gasteiger charge is 2.24. The van der Waals surface area contributed by atoms with Crippen molar-refractivity contribution in [3.8, 4) is 17.2 Å². The van der Waals surface area contributed by atoms with E-state index in [1.807, 2.05) is 54.6 Å². The number of benzene rings is 2. The van der Waals surface area contributed by atoms with Gasteiger partial charge in [0, 0.05) is 23.0 Å². The molecule has 0 fully saturated rings. The van der Waals surface area contributed by atoms with Crippen LogP contribution in [0.4, 0.5) is 5.82 Å². The minimum Gasteiger partial charge on any atom is -0.455 e. The number of nitrogens with one attached hydrogen (secondary N) is 1. The summed E-state index contributed by atoms with van der Waals surface area (Å²) in [5, 5.41) is 3.65. The first-order valence-electron chi connectivity index (χ1n) is 12.4. The third kappa shape index (κ3) is 4.35. The van der Waals surface area contributed by atoms with Gasteiger partial charge in [0.15, 0.2) is 0 Å². The average Bonchev–Trinajstić information content (AvgIpc) is 2.95. The van der Waals surface area contributed by atoms with E-state index in [0.29, 0.717) is 17.3 Å². The Kier molecular flexibility index (Phi) is 6.01. The van der Waals surface area contributed by atoms with Crippen molar-refractivity contribution in [3.63, 3.8) is 0 Å². The standard InChI is InChI=1S/C31H24N4O3/c1-20-8-7-13-27-24(20)18-25(31(37)35(27)21-9-3-2-4-10-21)30(36)34-29-15-14-22(19-33-29)38-28-16-17-32-26-12-6-5-11-23(26)28/h2-6,9-12,14-19H,1,7-8,13H2,(H,33,34,36). The maximum absolute atomic E-state index is 13.6. The fourth-order valence-corrected chi connectivity index (χ4v) is 4.81. The fourth-order valence-electron chi connectivity index (χ4n) is 4.81. The van der Waals surface area contributed by atoms with Gasteiger partial charge in [0.1, 0.15) is 22.9 Å². The smallest absolute Gasteiger partial charge is 0.268 e. The molecule has 7 nitrogen and oxygen atoms in total. The highest BCUT2D eigenvalue weighted by Crippen LogP contribution is 2.31. The van der Waals surface area contributed by atoms with Crippen molar-refractivity contribution in [2.45, 2.75) is 19.3 Å². The maximum Gasteiger partial charge on any atom is 0.268 e. The first-order valence-corrected chi connectivity index (χ1v) is 12.4. The van der Waals surface area contributed by atoms with Gasteiger partial charge in [-0.15, -0.1) is 0 Å². The first kappa shape index (κ1) is 23.4. The van der Waals surface area contributed by atoms with Gasteiger partial charge in [-0.1, -0.05) is 36.9 Å². The third-order valence-corrected chi connectivity index (χ3v) is 6.65. The molecule has 6 rings (SSSR count). The molecule has 1 aliphatic carbocycles. The van der Waals surface area contributed by atoms with E-state index in [1.165, 1.54) is 6.20 Å². The van der Waals surface area contributed by atoms with Crippen LogP contribution in [0.2, 0.25) is 0 Å². The quantitative estimate of drug-likeness (QED) is 0.312. The van der Waals surface area contributed by atoms with E-state index in [1.54, 1.807) is 35.0 Å². The van der Waals surface area contributed by atoms with Gasteiger partial charge < -0.3 is 10.1 Å². The zero-order valence-corrected chi connectivity index (χ0v) is 20.6. The summed E-state index contributed by atoms with van der Waals surface area (Å²) in [6.07, 6.45) is 5.71. The van der Waals surface area contributed by atoms with E-state index in [2.05, 4.69) is 21.9 Å². The number of pyridine rings is 3. The van der Waals surface area contributed by atoms with Crippen LogP contribution in [0.5, 0.6) is 11.5 Å². The zero-order chi connectivity index (χ0) is 26.1. The normalized spacial score (nSPS) is 12.7. The molecule has 2 aromatic carbocycles. The molecule has 3 aromatic heterocycles. The van der Waals surface area contributed by atoms with E-state index in [4.69, 9.17) is 4.74 Å². The van der Waals surface area contributed by atoms with E-state index in [-0.39, 0.29) is 11.1 Å². The molecule has 186 valence electrons. The van der Waals surface area contributed by atoms with Crippen LogP contribution in [0.3, 0.4) is 0 Å². The number of para-hydroxylation sites is 2. The molecule has 0 spiro atoms. The highest BCUT2D eigenvalue weighted by molar-refractivity contribution is 6.04. The van der Waals surface area contributed by atoms with Crippen LogP contribution in [-0.4, -0.2) is 20.4 Å². The second-order valence-electron chi connectivity index (χ2n) is 9.11. The SMILES string of the molecule is C=C1CCCc2c1cc(C(=O)Nc1ccc(Oc3ccnc4ccccc34)cn1)c(=O)n2-c1ccccc1. The Morgan fingerprint density at radius 1 is 0.947 bits per heavy atom. The minimum absolute atomic E-state index is 0.0426. The van der Waals surface area contributed by atoms with Gasteiger partial charge in [-0.2, -0.15) is 0 Å². The number of fused-ring (bicyclic) bond motifs is 2. The molecule has 38 heavy (non-hydrogen) atoms. The number of aromatic nitrogens is 3. The monoisotopic (exact) mass is 500 g/mol. The summed E-state index contributed by atoms with van der Waals surface area (Å²) >= 11 is 0. The van der Waals surface area contributed by atoms with Crippen LogP contribution in [0, 0.1) is 0 Å². The Balaban J connectivity index is 1.29. The maximum atomic E-state index is 13.6. The van der Waals surface area contributed by atoms with Gasteiger partial charge in [-0.05, 0) is 78.9 Å². The number of ether oxygens (including phenoxy) is 1. The summed E-state index contributed by atoms with van der Waals surface area (Å²) in [6.45, 7) is 4.19. The van der Waals surface area contributed by atoms with Crippen LogP contribution in [-0.2, 0) is 6.42 Å². The Morgan fingerprint density at radius 2 is 1.76 bits per heavy atom. The molecule has 1 aliphatic rings. The van der Waals surface area contributed by atoms with Crippen molar-refractivity contribution in [2.75, 3.05) is 5.32 Å². The minimum atomic E-state index is -0.526. The molecule has 0 radical (unpaired) electrons. The Morgan fingerprint density at radius 3 is 2.58 bits per heavy atom. The largest absolute Gasteiger partial charge is 0.455 e. The van der Waals surface area contributed by atoms with Gasteiger partial charge >= 0.3 is 0 Å². The van der Waals surface area contributed by atoms with Crippen molar-refractivity contribution in [3.05, 3.63) is 125 Å². The van der Waals surface area contributed by atoms with Gasteiger partial charge in [-0.25, -0.2) is 4.98 Å². The molecular formula is C31H24N4O3. The fraction of sp³-hybridized carbons (Fsp3) is 0.0968. The van der Waals surface area contributed by atoms with Crippen LogP contribution < -0.4 is 15.6 Å². The summed E-state index contributed by atoms with van der Waals surface area (Å²) in [5.41, 5.74) is 3.89. The van der Waals surface area contributed by atoms with Crippen molar-refractivity contribution in [2.24, 2.45) is 0 Å². The number of anilines is 1. The number of nitrogens with zero attached hydrogens (tertiary/aromatic N) is 3. The predicted molar refractivity (Wildman–Crippen MR) is 148 cm³/mol. The molecule has 0 saturated heterocycles. The number of carbonyl (C=O) groups excluding carboxylic acids is 1. The van der Waals surface area contributed by atoms with Crippen LogP contribution >= 0.6 is 0 Å². The molecule has 5 aromatic rings. The van der Waals surface area contributed by atoms with E-state index in [0.717, 1.165) is 52.7 Å². The lowest BCUT2D eigenvalue weighted by Crippen LogP contribution is -2.32. The summed E-state index contributed by atoms with van der Waals surface area (Å²) in [7, 11) is 0. The Labute approximate surface area is 219 Å². The second-order valence-corrected chi connectivity index (χ2v) is 9.11. The lowest BCUT2D eigenvalue weighted by molar-refractivity contribution is 0.102. The number of rotatable bonds is 5. The molecule has 3 heterocycles. The summed E-state index contributed by atoms with van der Waals surface area (Å²) in [4.78, 5) is 35.6. The molecule has 1 N–H and O–H groups in total. The zero-order valence-electron chi connectivity index (χ0n) is 20.6. The van der Waals surface area contributed by atoms with Crippen LogP contribution in [0.15, 0.2) is 103 Å². The lowest BCUT2D eigenvalue weighted by Gasteiger charge is -2.24. The Hall–Kier alpha value is -5.04. The predicted octanol–water partition coefficient (Wildman–Crippen LogP) is 6.17. The number of allylic oxidation sites excluding steroid dienone is 1. The van der Waals surface area contributed by atoms with Crippen molar-refractivity contribution >= 4 is 28.2 Å². The van der Waals surface area contributed by atoms with Gasteiger partial charge in [0.25, 0.3) is 11.5 Å². The molecule has 0 atom stereocenters. The molecule has 1 amide bonds. The van der Waals surface area contributed by atoms with Crippen LogP contribution in [0.1, 0.15) is 34.5 Å². The molecular weight excluding hydrogens is 476 g/mol. The topological polar surface area (TPSA) is 86.1 Å². The molecule has 0 bridgehead atoms. The average molecular weight is 501 g/mol. The number of hydrogen-bond acceptors (Lipinski definition) is 5. The molecule has 0 saturated carbocycles. The molecule has 7 heteroatoms. The lowest BCUT2D eigenvalue weighted by atomic mass is 9.90. The van der Waals surface area contributed by atoms with Crippen LogP contribution in [0.25, 0.3) is 22.2 Å². The van der Waals surface area contributed by atoms with Gasteiger partial charge in [0.2, 0.25) is 0 Å². The van der Waals surface area contributed by atoms with Gasteiger partial charge in [0.05, 0.1) is 11.7 Å². The number of amides is 1. The van der Waals surface area contributed by atoms with Crippen molar-refractivity contribution < 1.29 is 9.53 Å². The van der Waals surface area contributed by atoms with Crippen molar-refractivity contribution in [1.29, 1.82) is 0 Å². The van der Waals surface area contributed by atoms with E-state index < -0.39 is 5.91 Å². The van der Waals surface area contributed by atoms with Crippen molar-refractivity contribution in [1.82, 2.24) is 14.5 Å².